The van der Waals surface area contributed by atoms with E-state index in [1.807, 2.05) is 6.07 Å². The molecule has 1 aliphatic heterocycles. The lowest BCUT2D eigenvalue weighted by atomic mass is 10.0. The van der Waals surface area contributed by atoms with Gasteiger partial charge in [-0.15, -0.1) is 0 Å². The van der Waals surface area contributed by atoms with Gasteiger partial charge < -0.3 is 14.2 Å². The average molecular weight is 347 g/mol. The van der Waals surface area contributed by atoms with E-state index in [4.69, 9.17) is 14.2 Å². The topological polar surface area (TPSA) is 58.0 Å². The maximum atomic E-state index is 9.89. The summed E-state index contributed by atoms with van der Waals surface area (Å²) in [5.74, 6) is 1.86. The fraction of sp³-hybridized carbons (Fsp3) is 0.632. The number of benzene rings is 1. The van der Waals surface area contributed by atoms with Gasteiger partial charge in [0, 0.05) is 37.3 Å². The van der Waals surface area contributed by atoms with E-state index in [0.29, 0.717) is 23.3 Å². The molecule has 2 atom stereocenters. The summed E-state index contributed by atoms with van der Waals surface area (Å²) in [6.45, 7) is 8.15. The first kappa shape index (κ1) is 19.4. The van der Waals surface area contributed by atoms with Crippen LogP contribution in [-0.2, 0) is 0 Å². The Labute approximate surface area is 150 Å². The van der Waals surface area contributed by atoms with Crippen molar-refractivity contribution in [1.82, 2.24) is 9.80 Å². The highest BCUT2D eigenvalue weighted by molar-refractivity contribution is 5.53. The maximum Gasteiger partial charge on any atom is 0.164 e. The summed E-state index contributed by atoms with van der Waals surface area (Å²) in [7, 11) is 4.81. The van der Waals surface area contributed by atoms with Crippen molar-refractivity contribution in [3.63, 3.8) is 0 Å². The van der Waals surface area contributed by atoms with Gasteiger partial charge in [0.1, 0.15) is 11.8 Å². The second kappa shape index (κ2) is 8.93. The zero-order valence-corrected chi connectivity index (χ0v) is 15.9. The SMILES string of the molecule is CCC1CN(C(C#N)c2cc(OC)c(OC)cc2OC)CCN1CC. The minimum absolute atomic E-state index is 0.372. The fourth-order valence-electron chi connectivity index (χ4n) is 3.57. The molecule has 0 aliphatic carbocycles. The molecular formula is C19H29N3O3. The van der Waals surface area contributed by atoms with E-state index in [9.17, 15) is 5.26 Å². The Kier molecular flexibility index (Phi) is 6.91. The van der Waals surface area contributed by atoms with Crippen LogP contribution < -0.4 is 14.2 Å². The van der Waals surface area contributed by atoms with Gasteiger partial charge in [0.2, 0.25) is 0 Å². The summed E-state index contributed by atoms with van der Waals surface area (Å²) in [4.78, 5) is 4.72. The first-order valence-electron chi connectivity index (χ1n) is 8.80. The molecule has 0 radical (unpaired) electrons. The van der Waals surface area contributed by atoms with E-state index in [0.717, 1.165) is 38.2 Å². The van der Waals surface area contributed by atoms with Crippen molar-refractivity contribution in [3.05, 3.63) is 17.7 Å². The third-order valence-corrected chi connectivity index (χ3v) is 5.03. The van der Waals surface area contributed by atoms with Gasteiger partial charge in [0.25, 0.3) is 0 Å². The number of nitriles is 1. The molecule has 2 unspecified atom stereocenters. The summed E-state index contributed by atoms with van der Waals surface area (Å²) in [5, 5.41) is 9.89. The quantitative estimate of drug-likeness (QED) is 0.756. The molecule has 1 aromatic carbocycles. The zero-order chi connectivity index (χ0) is 18.4. The van der Waals surface area contributed by atoms with Gasteiger partial charge in [0.05, 0.1) is 27.4 Å². The molecule has 1 heterocycles. The highest BCUT2D eigenvalue weighted by Gasteiger charge is 2.32. The Hall–Kier alpha value is -1.97. The fourth-order valence-corrected chi connectivity index (χ4v) is 3.57. The number of methoxy groups -OCH3 is 3. The molecule has 1 fully saturated rings. The van der Waals surface area contributed by atoms with Crippen molar-refractivity contribution in [2.24, 2.45) is 0 Å². The third-order valence-electron chi connectivity index (χ3n) is 5.03. The van der Waals surface area contributed by atoms with Crippen LogP contribution >= 0.6 is 0 Å². The van der Waals surface area contributed by atoms with Crippen molar-refractivity contribution >= 4 is 0 Å². The largest absolute Gasteiger partial charge is 0.496 e. The van der Waals surface area contributed by atoms with E-state index in [-0.39, 0.29) is 6.04 Å². The minimum atomic E-state index is -0.372. The number of ether oxygens (including phenoxy) is 3. The molecule has 0 spiro atoms. The van der Waals surface area contributed by atoms with Gasteiger partial charge >= 0.3 is 0 Å². The van der Waals surface area contributed by atoms with Crippen LogP contribution in [0.2, 0.25) is 0 Å². The number of nitrogens with zero attached hydrogens (tertiary/aromatic N) is 3. The number of hydrogen-bond acceptors (Lipinski definition) is 6. The Bertz CT molecular complexity index is 615. The molecule has 25 heavy (non-hydrogen) atoms. The highest BCUT2D eigenvalue weighted by Crippen LogP contribution is 2.39. The van der Waals surface area contributed by atoms with E-state index >= 15 is 0 Å². The molecule has 0 bridgehead atoms. The van der Waals surface area contributed by atoms with Gasteiger partial charge in [0.15, 0.2) is 11.5 Å². The molecule has 0 N–H and O–H groups in total. The van der Waals surface area contributed by atoms with Crippen LogP contribution in [-0.4, -0.2) is 63.4 Å². The molecule has 138 valence electrons. The molecule has 0 aromatic heterocycles. The molecule has 0 saturated carbocycles. The first-order valence-corrected chi connectivity index (χ1v) is 8.80. The normalized spacial score (nSPS) is 19.9. The van der Waals surface area contributed by atoms with E-state index in [1.54, 1.807) is 27.4 Å². The summed E-state index contributed by atoms with van der Waals surface area (Å²) in [5.41, 5.74) is 0.822. The molecule has 1 saturated heterocycles. The summed E-state index contributed by atoms with van der Waals surface area (Å²) in [6.07, 6.45) is 1.07. The van der Waals surface area contributed by atoms with Crippen molar-refractivity contribution in [2.45, 2.75) is 32.4 Å². The maximum absolute atomic E-state index is 9.89. The van der Waals surface area contributed by atoms with Crippen molar-refractivity contribution in [3.8, 4) is 23.3 Å². The minimum Gasteiger partial charge on any atom is -0.496 e. The lowest BCUT2D eigenvalue weighted by molar-refractivity contribution is 0.0617. The lowest BCUT2D eigenvalue weighted by Crippen LogP contribution is -2.53. The lowest BCUT2D eigenvalue weighted by Gasteiger charge is -2.42. The Morgan fingerprint density at radius 2 is 1.72 bits per heavy atom. The van der Waals surface area contributed by atoms with Crippen molar-refractivity contribution in [2.75, 3.05) is 47.5 Å². The molecule has 1 aromatic rings. The third kappa shape index (κ3) is 4.00. The van der Waals surface area contributed by atoms with Gasteiger partial charge in [-0.1, -0.05) is 13.8 Å². The molecular weight excluding hydrogens is 318 g/mol. The molecule has 1 aliphatic rings. The van der Waals surface area contributed by atoms with E-state index in [2.05, 4.69) is 29.7 Å². The zero-order valence-electron chi connectivity index (χ0n) is 15.9. The Morgan fingerprint density at radius 3 is 2.24 bits per heavy atom. The van der Waals surface area contributed by atoms with Crippen LogP contribution in [0.5, 0.6) is 17.2 Å². The van der Waals surface area contributed by atoms with Gasteiger partial charge in [-0.2, -0.15) is 5.26 Å². The standard InChI is InChI=1S/C19H29N3O3/c1-6-14-13-22(9-8-21(14)7-2)16(12-20)15-10-18(24-4)19(25-5)11-17(15)23-3/h10-11,14,16H,6-9,13H2,1-5H3. The monoisotopic (exact) mass is 347 g/mol. The predicted molar refractivity (Wildman–Crippen MR) is 97.4 cm³/mol. The van der Waals surface area contributed by atoms with Gasteiger partial charge in [-0.05, 0) is 19.0 Å². The van der Waals surface area contributed by atoms with E-state index in [1.165, 1.54) is 0 Å². The molecule has 2 rings (SSSR count). The van der Waals surface area contributed by atoms with Crippen LogP contribution in [0.15, 0.2) is 12.1 Å². The number of hydrogen-bond donors (Lipinski definition) is 0. The van der Waals surface area contributed by atoms with Crippen molar-refractivity contribution < 1.29 is 14.2 Å². The average Bonchev–Trinajstić information content (AvgIpc) is 2.67. The number of piperazine rings is 1. The summed E-state index contributed by atoms with van der Waals surface area (Å²) in [6, 6.07) is 6.21. The summed E-state index contributed by atoms with van der Waals surface area (Å²) < 4.78 is 16.3. The predicted octanol–water partition coefficient (Wildman–Crippen LogP) is 2.69. The van der Waals surface area contributed by atoms with E-state index < -0.39 is 0 Å². The van der Waals surface area contributed by atoms with Crippen LogP contribution in [0.25, 0.3) is 0 Å². The van der Waals surface area contributed by atoms with Crippen LogP contribution in [0, 0.1) is 11.3 Å². The highest BCUT2D eigenvalue weighted by atomic mass is 16.5. The first-order chi connectivity index (χ1) is 12.1. The van der Waals surface area contributed by atoms with Gasteiger partial charge in [-0.25, -0.2) is 0 Å². The molecule has 6 nitrogen and oxygen atoms in total. The summed E-state index contributed by atoms with van der Waals surface area (Å²) >= 11 is 0. The van der Waals surface area contributed by atoms with Crippen LogP contribution in [0.3, 0.4) is 0 Å². The van der Waals surface area contributed by atoms with Crippen LogP contribution in [0.4, 0.5) is 0 Å². The van der Waals surface area contributed by atoms with Gasteiger partial charge in [-0.3, -0.25) is 9.80 Å². The second-order valence-corrected chi connectivity index (χ2v) is 6.17. The Morgan fingerprint density at radius 1 is 1.08 bits per heavy atom. The number of rotatable bonds is 7. The smallest absolute Gasteiger partial charge is 0.164 e. The molecule has 0 amide bonds. The van der Waals surface area contributed by atoms with Crippen molar-refractivity contribution in [1.29, 1.82) is 5.26 Å². The number of likely N-dealkylation sites (N-methyl/N-ethyl adjacent to an activating group) is 1. The molecule has 6 heteroatoms. The van der Waals surface area contributed by atoms with Crippen LogP contribution in [0.1, 0.15) is 31.9 Å². The second-order valence-electron chi connectivity index (χ2n) is 6.17. The Balaban J connectivity index is 2.36.